The lowest BCUT2D eigenvalue weighted by atomic mass is 9.86. The first-order chi connectivity index (χ1) is 9.69. The third-order valence-electron chi connectivity index (χ3n) is 3.70. The molecule has 0 bridgehead atoms. The normalized spacial score (nSPS) is 23.0. The maximum atomic E-state index is 12.5. The average molecular weight is 308 g/mol. The Morgan fingerprint density at radius 1 is 1.29 bits per heavy atom. The van der Waals surface area contributed by atoms with Gasteiger partial charge in [0, 0.05) is 18.7 Å². The molecule has 2 atom stereocenters. The van der Waals surface area contributed by atoms with Crippen LogP contribution in [0, 0.1) is 5.92 Å². The quantitative estimate of drug-likeness (QED) is 0.929. The third kappa shape index (κ3) is 3.44. The van der Waals surface area contributed by atoms with E-state index in [4.69, 9.17) is 0 Å². The highest BCUT2D eigenvalue weighted by molar-refractivity contribution is 7.92. The van der Waals surface area contributed by atoms with Gasteiger partial charge in [-0.1, -0.05) is 19.1 Å². The van der Waals surface area contributed by atoms with Crippen molar-refractivity contribution in [2.75, 3.05) is 18.0 Å². The molecule has 0 fully saturated rings. The number of sulfonamides is 1. The minimum atomic E-state index is -3.33. The summed E-state index contributed by atoms with van der Waals surface area (Å²) in [7, 11) is -1.48. The van der Waals surface area contributed by atoms with Gasteiger partial charge in [-0.3, -0.25) is 9.52 Å². The Morgan fingerprint density at radius 2 is 1.95 bits per heavy atom. The lowest BCUT2D eigenvalue weighted by Gasteiger charge is -2.34. The highest BCUT2D eigenvalue weighted by Gasteiger charge is 2.32. The Kier molecular flexibility index (Phi) is 4.09. The Labute approximate surface area is 125 Å². The van der Waals surface area contributed by atoms with E-state index in [9.17, 15) is 13.2 Å². The maximum Gasteiger partial charge on any atom is 0.229 e. The summed E-state index contributed by atoms with van der Waals surface area (Å²) in [6.07, 6.45) is 3.07. The van der Waals surface area contributed by atoms with E-state index < -0.39 is 10.0 Å². The van der Waals surface area contributed by atoms with Crippen LogP contribution in [0.2, 0.25) is 0 Å². The van der Waals surface area contributed by atoms with Gasteiger partial charge in [-0.2, -0.15) is 0 Å². The Bertz CT molecular complexity index is 695. The largest absolute Gasteiger partial charge is 0.367 e. The lowest BCUT2D eigenvalue weighted by molar-refractivity contribution is -0.126. The molecule has 21 heavy (non-hydrogen) atoms. The molecular weight excluding hydrogens is 288 g/mol. The van der Waals surface area contributed by atoms with E-state index in [1.54, 1.807) is 18.2 Å². The fourth-order valence-electron chi connectivity index (χ4n) is 2.56. The number of hydrogen-bond donors (Lipinski definition) is 1. The van der Waals surface area contributed by atoms with E-state index in [1.807, 2.05) is 38.1 Å². The standard InChI is InChI=1S/C15H20N2O3S/c1-10-9-17(3)14(15(18)11(10)2)12-6-5-7-13(8-12)16-21(4,19)20/h5-9,11,14,16H,1-4H3. The molecule has 1 aliphatic rings. The minimum absolute atomic E-state index is 0.119. The second kappa shape index (κ2) is 5.52. The number of nitrogens with zero attached hydrogens (tertiary/aromatic N) is 1. The predicted octanol–water partition coefficient (Wildman–Crippen LogP) is 2.15. The van der Waals surface area contributed by atoms with E-state index >= 15 is 0 Å². The number of allylic oxidation sites excluding steroid dienone is 1. The van der Waals surface area contributed by atoms with Gasteiger partial charge in [-0.15, -0.1) is 0 Å². The van der Waals surface area contributed by atoms with Crippen molar-refractivity contribution in [3.05, 3.63) is 41.6 Å². The van der Waals surface area contributed by atoms with Crippen LogP contribution in [-0.4, -0.2) is 32.4 Å². The molecule has 6 heteroatoms. The molecule has 0 aromatic heterocycles. The number of rotatable bonds is 3. The van der Waals surface area contributed by atoms with E-state index in [-0.39, 0.29) is 17.7 Å². The molecule has 1 N–H and O–H groups in total. The van der Waals surface area contributed by atoms with Gasteiger partial charge in [0.2, 0.25) is 10.0 Å². The fraction of sp³-hybridized carbons (Fsp3) is 0.400. The number of hydrogen-bond acceptors (Lipinski definition) is 4. The fourth-order valence-corrected chi connectivity index (χ4v) is 3.11. The Morgan fingerprint density at radius 3 is 2.57 bits per heavy atom. The average Bonchev–Trinajstić information content (AvgIpc) is 2.34. The summed E-state index contributed by atoms with van der Waals surface area (Å²) in [6, 6.07) is 6.59. The molecular formula is C15H20N2O3S. The summed E-state index contributed by atoms with van der Waals surface area (Å²) in [4.78, 5) is 14.4. The molecule has 5 nitrogen and oxygen atoms in total. The van der Waals surface area contributed by atoms with Gasteiger partial charge in [0.05, 0.1) is 6.26 Å². The van der Waals surface area contributed by atoms with Crippen molar-refractivity contribution in [1.29, 1.82) is 0 Å². The summed E-state index contributed by atoms with van der Waals surface area (Å²) >= 11 is 0. The van der Waals surface area contributed by atoms with Crippen LogP contribution in [0.25, 0.3) is 0 Å². The lowest BCUT2D eigenvalue weighted by Crippen LogP contribution is -2.35. The second-order valence-corrected chi connectivity index (χ2v) is 7.31. The van der Waals surface area contributed by atoms with E-state index in [0.717, 1.165) is 17.4 Å². The van der Waals surface area contributed by atoms with Crippen molar-refractivity contribution in [1.82, 2.24) is 4.90 Å². The number of Topliss-reactive ketones (excluding diaryl/α,β-unsaturated/α-hetero) is 1. The molecule has 114 valence electrons. The zero-order valence-electron chi connectivity index (χ0n) is 12.6. The highest BCUT2D eigenvalue weighted by Crippen LogP contribution is 2.32. The number of nitrogens with one attached hydrogen (secondary N) is 1. The van der Waals surface area contributed by atoms with Gasteiger partial charge < -0.3 is 4.90 Å². The van der Waals surface area contributed by atoms with E-state index in [0.29, 0.717) is 5.69 Å². The summed E-state index contributed by atoms with van der Waals surface area (Å²) in [5, 5.41) is 0. The van der Waals surface area contributed by atoms with Crippen LogP contribution < -0.4 is 4.72 Å². The number of benzene rings is 1. The van der Waals surface area contributed by atoms with Gasteiger partial charge in [-0.05, 0) is 36.4 Å². The molecule has 0 spiro atoms. The number of likely N-dealkylation sites (N-methyl/N-ethyl adjacent to an activating group) is 1. The molecule has 2 rings (SSSR count). The van der Waals surface area contributed by atoms with Gasteiger partial charge in [-0.25, -0.2) is 8.42 Å². The van der Waals surface area contributed by atoms with Gasteiger partial charge in [0.15, 0.2) is 5.78 Å². The SMILES string of the molecule is CC1=CN(C)C(c2cccc(NS(C)(=O)=O)c2)C(=O)C1C. The van der Waals surface area contributed by atoms with Crippen LogP contribution in [0.4, 0.5) is 5.69 Å². The second-order valence-electron chi connectivity index (χ2n) is 5.56. The maximum absolute atomic E-state index is 12.5. The summed E-state index contributed by atoms with van der Waals surface area (Å²) in [5.41, 5.74) is 2.28. The van der Waals surface area contributed by atoms with Crippen molar-refractivity contribution >= 4 is 21.5 Å². The molecule has 0 saturated heterocycles. The summed E-state index contributed by atoms with van der Waals surface area (Å²) < 4.78 is 25.1. The molecule has 0 radical (unpaired) electrons. The van der Waals surface area contributed by atoms with Crippen molar-refractivity contribution in [3.8, 4) is 0 Å². The zero-order valence-corrected chi connectivity index (χ0v) is 13.4. The molecule has 2 unspecified atom stereocenters. The van der Waals surface area contributed by atoms with E-state index in [2.05, 4.69) is 4.72 Å². The van der Waals surface area contributed by atoms with Crippen LogP contribution in [0.5, 0.6) is 0 Å². The van der Waals surface area contributed by atoms with Crippen LogP contribution in [0.1, 0.15) is 25.5 Å². The van der Waals surface area contributed by atoms with Crippen LogP contribution in [0.3, 0.4) is 0 Å². The number of carbonyl (C=O) groups is 1. The summed E-state index contributed by atoms with van der Waals surface area (Å²) in [5.74, 6) is -0.00766. The van der Waals surface area contributed by atoms with Crippen molar-refractivity contribution in [2.45, 2.75) is 19.9 Å². The van der Waals surface area contributed by atoms with Crippen molar-refractivity contribution in [2.24, 2.45) is 5.92 Å². The first kappa shape index (κ1) is 15.6. The summed E-state index contributed by atoms with van der Waals surface area (Å²) in [6.45, 7) is 3.84. The number of anilines is 1. The minimum Gasteiger partial charge on any atom is -0.367 e. The Balaban J connectivity index is 2.38. The third-order valence-corrected chi connectivity index (χ3v) is 4.31. The smallest absolute Gasteiger partial charge is 0.229 e. The molecule has 0 amide bonds. The number of carbonyl (C=O) groups excluding carboxylic acids is 1. The Hall–Kier alpha value is -1.82. The topological polar surface area (TPSA) is 66.5 Å². The first-order valence-corrected chi connectivity index (χ1v) is 8.60. The molecule has 0 saturated carbocycles. The molecule has 0 aliphatic carbocycles. The van der Waals surface area contributed by atoms with E-state index in [1.165, 1.54) is 0 Å². The van der Waals surface area contributed by atoms with Crippen molar-refractivity contribution in [3.63, 3.8) is 0 Å². The van der Waals surface area contributed by atoms with Gasteiger partial charge >= 0.3 is 0 Å². The predicted molar refractivity (Wildman–Crippen MR) is 83.3 cm³/mol. The monoisotopic (exact) mass is 308 g/mol. The highest BCUT2D eigenvalue weighted by atomic mass is 32.2. The van der Waals surface area contributed by atoms with Gasteiger partial charge in [0.1, 0.15) is 6.04 Å². The first-order valence-electron chi connectivity index (χ1n) is 6.71. The number of ketones is 1. The zero-order chi connectivity index (χ0) is 15.8. The van der Waals surface area contributed by atoms with Crippen LogP contribution in [0.15, 0.2) is 36.0 Å². The molecule has 1 aromatic rings. The molecule has 1 aromatic carbocycles. The van der Waals surface area contributed by atoms with Crippen molar-refractivity contribution < 1.29 is 13.2 Å². The van der Waals surface area contributed by atoms with Gasteiger partial charge in [0.25, 0.3) is 0 Å². The molecule has 1 aliphatic heterocycles. The van der Waals surface area contributed by atoms with Crippen LogP contribution >= 0.6 is 0 Å². The molecule has 1 heterocycles. The van der Waals surface area contributed by atoms with Crippen LogP contribution in [-0.2, 0) is 14.8 Å².